The van der Waals surface area contributed by atoms with Crippen molar-refractivity contribution in [2.45, 2.75) is 19.9 Å². The third-order valence-electron chi connectivity index (χ3n) is 4.99. The molecule has 1 aliphatic heterocycles. The summed E-state index contributed by atoms with van der Waals surface area (Å²) in [5, 5.41) is 6.63. The summed E-state index contributed by atoms with van der Waals surface area (Å²) in [5.74, 6) is 4.18. The van der Waals surface area contributed by atoms with Gasteiger partial charge in [0.1, 0.15) is 0 Å². The van der Waals surface area contributed by atoms with Crippen LogP contribution in [0.25, 0.3) is 0 Å². The van der Waals surface area contributed by atoms with Gasteiger partial charge in [-0.25, -0.2) is 4.98 Å². The summed E-state index contributed by atoms with van der Waals surface area (Å²) >= 11 is 0. The molecule has 0 bridgehead atoms. The summed E-state index contributed by atoms with van der Waals surface area (Å²) in [6.45, 7) is 4.13. The van der Waals surface area contributed by atoms with E-state index >= 15 is 0 Å². The van der Waals surface area contributed by atoms with E-state index in [0.29, 0.717) is 30.5 Å². The standard InChI is InChI=1S/C25H28N4O4/c1-3-30-20-6-4-5-7-22(20)33-24-11-9-19(15-28-24)16-29-25(26-2)27-13-12-18-8-10-21-23(14-18)32-17-31-21/h4-11,14-15H,3,12-13,16-17H2,1-2H3,(H2,26,27,29). The molecule has 8 heteroatoms. The molecule has 33 heavy (non-hydrogen) atoms. The first-order valence-electron chi connectivity index (χ1n) is 10.9. The van der Waals surface area contributed by atoms with E-state index in [1.165, 1.54) is 5.56 Å². The van der Waals surface area contributed by atoms with Crippen LogP contribution in [0.3, 0.4) is 0 Å². The van der Waals surface area contributed by atoms with Gasteiger partial charge in [-0.05, 0) is 48.7 Å². The van der Waals surface area contributed by atoms with E-state index in [-0.39, 0.29) is 6.79 Å². The number of aliphatic imine (C=N–C) groups is 1. The molecule has 4 rings (SSSR count). The molecule has 0 unspecified atom stereocenters. The summed E-state index contributed by atoms with van der Waals surface area (Å²) in [4.78, 5) is 8.69. The average molecular weight is 449 g/mol. The Morgan fingerprint density at radius 1 is 1.00 bits per heavy atom. The lowest BCUT2D eigenvalue weighted by atomic mass is 10.1. The van der Waals surface area contributed by atoms with Gasteiger partial charge in [-0.1, -0.05) is 24.3 Å². The van der Waals surface area contributed by atoms with Gasteiger partial charge in [-0.3, -0.25) is 4.99 Å². The number of rotatable bonds is 9. The van der Waals surface area contributed by atoms with Crippen molar-refractivity contribution >= 4 is 5.96 Å². The molecule has 1 aliphatic rings. The molecule has 2 N–H and O–H groups in total. The number of aromatic nitrogens is 1. The lowest BCUT2D eigenvalue weighted by Crippen LogP contribution is -2.37. The first-order valence-corrected chi connectivity index (χ1v) is 10.9. The molecule has 0 atom stereocenters. The normalized spacial score (nSPS) is 12.4. The lowest BCUT2D eigenvalue weighted by molar-refractivity contribution is 0.174. The Bertz CT molecular complexity index is 1090. The van der Waals surface area contributed by atoms with E-state index in [1.807, 2.05) is 61.5 Å². The summed E-state index contributed by atoms with van der Waals surface area (Å²) in [7, 11) is 1.75. The summed E-state index contributed by atoms with van der Waals surface area (Å²) in [5.41, 5.74) is 2.19. The fourth-order valence-electron chi connectivity index (χ4n) is 3.33. The fourth-order valence-corrected chi connectivity index (χ4v) is 3.33. The van der Waals surface area contributed by atoms with Crippen LogP contribution in [0, 0.1) is 0 Å². The average Bonchev–Trinajstić information content (AvgIpc) is 3.31. The maximum Gasteiger partial charge on any atom is 0.231 e. The highest BCUT2D eigenvalue weighted by Crippen LogP contribution is 2.32. The third-order valence-corrected chi connectivity index (χ3v) is 4.99. The molecule has 0 saturated carbocycles. The van der Waals surface area contributed by atoms with Crippen molar-refractivity contribution in [3.05, 3.63) is 71.9 Å². The number of benzene rings is 2. The molecule has 2 heterocycles. The van der Waals surface area contributed by atoms with Crippen LogP contribution in [-0.4, -0.2) is 37.9 Å². The Labute approximate surface area is 193 Å². The van der Waals surface area contributed by atoms with Gasteiger partial charge in [0.25, 0.3) is 0 Å². The number of pyridine rings is 1. The van der Waals surface area contributed by atoms with Crippen molar-refractivity contribution < 1.29 is 18.9 Å². The second-order valence-electron chi connectivity index (χ2n) is 7.28. The minimum absolute atomic E-state index is 0.288. The van der Waals surface area contributed by atoms with Gasteiger partial charge in [0, 0.05) is 32.4 Å². The van der Waals surface area contributed by atoms with Gasteiger partial charge in [-0.2, -0.15) is 0 Å². The zero-order chi connectivity index (χ0) is 22.9. The van der Waals surface area contributed by atoms with E-state index in [1.54, 1.807) is 13.2 Å². The molecule has 0 saturated heterocycles. The number of para-hydroxylation sites is 2. The van der Waals surface area contributed by atoms with Gasteiger partial charge < -0.3 is 29.6 Å². The Morgan fingerprint density at radius 3 is 2.61 bits per heavy atom. The molecule has 0 amide bonds. The third kappa shape index (κ3) is 6.06. The number of nitrogens with one attached hydrogen (secondary N) is 2. The van der Waals surface area contributed by atoms with Crippen LogP contribution in [0.2, 0.25) is 0 Å². The molecule has 172 valence electrons. The highest BCUT2D eigenvalue weighted by atomic mass is 16.7. The van der Waals surface area contributed by atoms with Crippen LogP contribution in [0.1, 0.15) is 18.1 Å². The second kappa shape index (κ2) is 11.1. The topological polar surface area (TPSA) is 86.2 Å². The van der Waals surface area contributed by atoms with E-state index in [9.17, 15) is 0 Å². The predicted octanol–water partition coefficient (Wildman–Crippen LogP) is 3.91. The number of guanidine groups is 1. The fraction of sp³-hybridized carbons (Fsp3) is 0.280. The molecule has 8 nitrogen and oxygen atoms in total. The molecule has 0 spiro atoms. The summed E-state index contributed by atoms with van der Waals surface area (Å²) in [6, 6.07) is 17.4. The number of hydrogen-bond donors (Lipinski definition) is 2. The monoisotopic (exact) mass is 448 g/mol. The lowest BCUT2D eigenvalue weighted by Gasteiger charge is -2.13. The van der Waals surface area contributed by atoms with Gasteiger partial charge >= 0.3 is 0 Å². The molecular formula is C25H28N4O4. The first kappa shape index (κ1) is 22.3. The van der Waals surface area contributed by atoms with E-state index < -0.39 is 0 Å². The van der Waals surface area contributed by atoms with Crippen molar-refractivity contribution in [1.29, 1.82) is 0 Å². The highest BCUT2D eigenvalue weighted by Gasteiger charge is 2.13. The van der Waals surface area contributed by atoms with Gasteiger partial charge in [0.15, 0.2) is 29.0 Å². The Morgan fingerprint density at radius 2 is 1.82 bits per heavy atom. The molecule has 2 aromatic carbocycles. The van der Waals surface area contributed by atoms with Crippen molar-refractivity contribution in [1.82, 2.24) is 15.6 Å². The largest absolute Gasteiger partial charge is 0.490 e. The molecular weight excluding hydrogens is 420 g/mol. The van der Waals surface area contributed by atoms with Crippen LogP contribution in [0.5, 0.6) is 28.9 Å². The van der Waals surface area contributed by atoms with Gasteiger partial charge in [0.2, 0.25) is 12.7 Å². The smallest absolute Gasteiger partial charge is 0.231 e. The summed E-state index contributed by atoms with van der Waals surface area (Å²) in [6.07, 6.45) is 2.62. The summed E-state index contributed by atoms with van der Waals surface area (Å²) < 4.78 is 22.3. The zero-order valence-corrected chi connectivity index (χ0v) is 18.8. The Balaban J connectivity index is 1.24. The first-order chi connectivity index (χ1) is 16.2. The minimum atomic E-state index is 0.288. The van der Waals surface area contributed by atoms with Crippen LogP contribution in [-0.2, 0) is 13.0 Å². The molecule has 0 radical (unpaired) electrons. The maximum atomic E-state index is 5.88. The van der Waals surface area contributed by atoms with Crippen molar-refractivity contribution in [2.24, 2.45) is 4.99 Å². The van der Waals surface area contributed by atoms with E-state index in [0.717, 1.165) is 36.0 Å². The number of ether oxygens (including phenoxy) is 4. The molecule has 0 aliphatic carbocycles. The minimum Gasteiger partial charge on any atom is -0.490 e. The van der Waals surface area contributed by atoms with Crippen molar-refractivity contribution in [3.8, 4) is 28.9 Å². The Hall–Kier alpha value is -3.94. The quantitative estimate of drug-likeness (QED) is 0.379. The van der Waals surface area contributed by atoms with Gasteiger partial charge in [-0.15, -0.1) is 0 Å². The SMILES string of the molecule is CCOc1ccccc1Oc1ccc(CNC(=NC)NCCc2ccc3c(c2)OCO3)cn1. The van der Waals surface area contributed by atoms with Crippen molar-refractivity contribution in [3.63, 3.8) is 0 Å². The van der Waals surface area contributed by atoms with Crippen LogP contribution >= 0.6 is 0 Å². The van der Waals surface area contributed by atoms with Crippen molar-refractivity contribution in [2.75, 3.05) is 27.0 Å². The van der Waals surface area contributed by atoms with Crippen LogP contribution in [0.4, 0.5) is 0 Å². The second-order valence-corrected chi connectivity index (χ2v) is 7.28. The van der Waals surface area contributed by atoms with Gasteiger partial charge in [0.05, 0.1) is 6.61 Å². The Kier molecular flexibility index (Phi) is 7.48. The molecule has 1 aromatic heterocycles. The number of fused-ring (bicyclic) bond motifs is 1. The van der Waals surface area contributed by atoms with E-state index in [4.69, 9.17) is 18.9 Å². The molecule has 0 fully saturated rings. The van der Waals surface area contributed by atoms with Crippen LogP contribution in [0.15, 0.2) is 65.8 Å². The van der Waals surface area contributed by atoms with Crippen LogP contribution < -0.4 is 29.6 Å². The highest BCUT2D eigenvalue weighted by molar-refractivity contribution is 5.79. The molecule has 3 aromatic rings. The number of hydrogen-bond acceptors (Lipinski definition) is 6. The predicted molar refractivity (Wildman–Crippen MR) is 126 cm³/mol. The zero-order valence-electron chi connectivity index (χ0n) is 18.8. The van der Waals surface area contributed by atoms with E-state index in [2.05, 4.69) is 20.6 Å². The number of nitrogens with zero attached hydrogens (tertiary/aromatic N) is 2. The maximum absolute atomic E-state index is 5.88.